The second kappa shape index (κ2) is 41.4. The number of unbranched alkanes of at least 4 members (excludes halogenated alkanes) is 22. The van der Waals surface area contributed by atoms with Crippen LogP contribution >= 0.6 is 0 Å². The molecule has 0 aromatic rings. The predicted octanol–water partition coefficient (Wildman–Crippen LogP) is 13.8. The summed E-state index contributed by atoms with van der Waals surface area (Å²) in [7, 11) is 0. The first-order valence-electron chi connectivity index (χ1n) is 22.0. The Labute approximate surface area is 321 Å². The van der Waals surface area contributed by atoms with Crippen LogP contribution in [0.15, 0.2) is 36.5 Å². The number of hydrogen-bond acceptors (Lipinski definition) is 6. The van der Waals surface area contributed by atoms with Gasteiger partial charge in [0.2, 0.25) is 0 Å². The molecule has 0 aliphatic heterocycles. The molecule has 0 radical (unpaired) electrons. The molecule has 6 heteroatoms. The smallest absolute Gasteiger partial charge is 0.306 e. The number of hydrogen-bond donors (Lipinski definition) is 0. The summed E-state index contributed by atoms with van der Waals surface area (Å²) in [5.74, 6) is -0.892. The zero-order chi connectivity index (χ0) is 38.0. The van der Waals surface area contributed by atoms with Gasteiger partial charge in [0.1, 0.15) is 13.2 Å². The van der Waals surface area contributed by atoms with Crippen LogP contribution in [-0.2, 0) is 28.6 Å². The lowest BCUT2D eigenvalue weighted by Crippen LogP contribution is -2.30. The number of allylic oxidation sites excluding steroid dienone is 6. The van der Waals surface area contributed by atoms with E-state index < -0.39 is 6.10 Å². The molecule has 1 unspecified atom stereocenters. The molecular formula is C46H82O6. The molecule has 0 aliphatic carbocycles. The predicted molar refractivity (Wildman–Crippen MR) is 219 cm³/mol. The molecular weight excluding hydrogens is 648 g/mol. The Morgan fingerprint density at radius 2 is 0.750 bits per heavy atom. The standard InChI is InChI=1S/C46H82O6/c1-4-7-10-13-16-19-20-21-22-23-24-25-28-30-33-36-39-45(48)51-42-43(52-46(49)40-37-34-31-27-18-15-12-9-6-3)41-50-44(47)38-35-32-29-26-17-14-11-8-5-2/h7,10,16,19,21-22,43H,4-6,8-9,11-15,17-18,20,23-42H2,1-3H3/b10-7-,19-16-,22-21-. The van der Waals surface area contributed by atoms with E-state index in [1.807, 2.05) is 0 Å². The summed E-state index contributed by atoms with van der Waals surface area (Å²) in [4.78, 5) is 37.6. The molecule has 0 amide bonds. The van der Waals surface area contributed by atoms with E-state index in [0.717, 1.165) is 83.5 Å². The molecule has 0 N–H and O–H groups in total. The molecule has 0 heterocycles. The van der Waals surface area contributed by atoms with Crippen molar-refractivity contribution < 1.29 is 28.6 Å². The van der Waals surface area contributed by atoms with E-state index in [1.165, 1.54) is 96.3 Å². The van der Waals surface area contributed by atoms with Gasteiger partial charge in [0.15, 0.2) is 6.10 Å². The zero-order valence-corrected chi connectivity index (χ0v) is 34.3. The highest BCUT2D eigenvalue weighted by atomic mass is 16.6. The minimum absolute atomic E-state index is 0.0738. The molecule has 0 fully saturated rings. The van der Waals surface area contributed by atoms with Gasteiger partial charge in [-0.25, -0.2) is 0 Å². The maximum Gasteiger partial charge on any atom is 0.306 e. The fourth-order valence-corrected chi connectivity index (χ4v) is 6.10. The number of ether oxygens (including phenoxy) is 3. The van der Waals surface area contributed by atoms with Crippen molar-refractivity contribution >= 4 is 17.9 Å². The Hall–Kier alpha value is -2.37. The minimum Gasteiger partial charge on any atom is -0.462 e. The fourth-order valence-electron chi connectivity index (χ4n) is 6.10. The maximum absolute atomic E-state index is 12.6. The van der Waals surface area contributed by atoms with Gasteiger partial charge in [0, 0.05) is 19.3 Å². The van der Waals surface area contributed by atoms with Gasteiger partial charge in [-0.15, -0.1) is 0 Å². The molecule has 1 atom stereocenters. The molecule has 0 aromatic heterocycles. The summed E-state index contributed by atoms with van der Waals surface area (Å²) in [5.41, 5.74) is 0. The fraction of sp³-hybridized carbons (Fsp3) is 0.804. The van der Waals surface area contributed by atoms with Crippen LogP contribution in [0.2, 0.25) is 0 Å². The molecule has 0 aliphatic rings. The number of rotatable bonds is 39. The first kappa shape index (κ1) is 49.6. The number of carbonyl (C=O) groups is 3. The Bertz CT molecular complexity index is 891. The van der Waals surface area contributed by atoms with E-state index in [1.54, 1.807) is 0 Å². The van der Waals surface area contributed by atoms with Gasteiger partial charge >= 0.3 is 17.9 Å². The number of esters is 3. The summed E-state index contributed by atoms with van der Waals surface area (Å²) < 4.78 is 16.6. The van der Waals surface area contributed by atoms with Crippen molar-refractivity contribution in [3.63, 3.8) is 0 Å². The first-order valence-corrected chi connectivity index (χ1v) is 22.0. The van der Waals surface area contributed by atoms with Crippen LogP contribution < -0.4 is 0 Å². The van der Waals surface area contributed by atoms with Gasteiger partial charge in [0.25, 0.3) is 0 Å². The largest absolute Gasteiger partial charge is 0.462 e. The Morgan fingerprint density at radius 3 is 1.17 bits per heavy atom. The van der Waals surface area contributed by atoms with Gasteiger partial charge in [-0.3, -0.25) is 14.4 Å². The highest BCUT2D eigenvalue weighted by Gasteiger charge is 2.19. The molecule has 302 valence electrons. The van der Waals surface area contributed by atoms with Crippen molar-refractivity contribution in [2.75, 3.05) is 13.2 Å². The van der Waals surface area contributed by atoms with Crippen LogP contribution in [0.1, 0.15) is 220 Å². The van der Waals surface area contributed by atoms with Gasteiger partial charge in [-0.1, -0.05) is 186 Å². The average molecular weight is 731 g/mol. The highest BCUT2D eigenvalue weighted by molar-refractivity contribution is 5.71. The SMILES string of the molecule is CC/C=C\C/C=C\C/C=C\CCCCCCCCC(=O)OCC(COC(=O)CCCCCCCCCCC)OC(=O)CCCCCCCCCCC. The third-order valence-electron chi connectivity index (χ3n) is 9.41. The number of carbonyl (C=O) groups excluding carboxylic acids is 3. The molecule has 52 heavy (non-hydrogen) atoms. The van der Waals surface area contributed by atoms with Crippen LogP contribution in [0.25, 0.3) is 0 Å². The van der Waals surface area contributed by atoms with Crippen molar-refractivity contribution in [2.45, 2.75) is 226 Å². The van der Waals surface area contributed by atoms with Gasteiger partial charge in [-0.05, 0) is 51.4 Å². The summed E-state index contributed by atoms with van der Waals surface area (Å²) in [5, 5.41) is 0. The first-order chi connectivity index (χ1) is 25.5. The molecule has 0 rings (SSSR count). The minimum atomic E-state index is -0.768. The summed E-state index contributed by atoms with van der Waals surface area (Å²) in [6.45, 7) is 6.47. The van der Waals surface area contributed by atoms with E-state index in [9.17, 15) is 14.4 Å². The molecule has 0 saturated heterocycles. The van der Waals surface area contributed by atoms with Crippen LogP contribution in [-0.4, -0.2) is 37.2 Å². The van der Waals surface area contributed by atoms with Crippen molar-refractivity contribution in [1.29, 1.82) is 0 Å². The average Bonchev–Trinajstić information content (AvgIpc) is 3.14. The second-order valence-electron chi connectivity index (χ2n) is 14.6. The summed E-state index contributed by atoms with van der Waals surface area (Å²) in [6, 6.07) is 0. The molecule has 0 bridgehead atoms. The van der Waals surface area contributed by atoms with Gasteiger partial charge < -0.3 is 14.2 Å². The van der Waals surface area contributed by atoms with Gasteiger partial charge in [-0.2, -0.15) is 0 Å². The van der Waals surface area contributed by atoms with Crippen LogP contribution in [0, 0.1) is 0 Å². The van der Waals surface area contributed by atoms with E-state index in [2.05, 4.69) is 57.2 Å². The Kier molecular flexibility index (Phi) is 39.5. The second-order valence-corrected chi connectivity index (χ2v) is 14.6. The molecule has 0 spiro atoms. The topological polar surface area (TPSA) is 78.9 Å². The lowest BCUT2D eigenvalue weighted by molar-refractivity contribution is -0.167. The van der Waals surface area contributed by atoms with Crippen LogP contribution in [0.5, 0.6) is 0 Å². The lowest BCUT2D eigenvalue weighted by atomic mass is 10.1. The van der Waals surface area contributed by atoms with Crippen molar-refractivity contribution in [2.24, 2.45) is 0 Å². The quantitative estimate of drug-likeness (QED) is 0.0271. The Balaban J connectivity index is 4.32. The third-order valence-corrected chi connectivity index (χ3v) is 9.41. The molecule has 6 nitrogen and oxygen atoms in total. The normalized spacial score (nSPS) is 12.3. The van der Waals surface area contributed by atoms with E-state index >= 15 is 0 Å². The van der Waals surface area contributed by atoms with E-state index in [-0.39, 0.29) is 31.1 Å². The zero-order valence-electron chi connectivity index (χ0n) is 34.3. The Morgan fingerprint density at radius 1 is 0.404 bits per heavy atom. The lowest BCUT2D eigenvalue weighted by Gasteiger charge is -2.18. The molecule has 0 aromatic carbocycles. The monoisotopic (exact) mass is 731 g/mol. The van der Waals surface area contributed by atoms with Crippen LogP contribution in [0.3, 0.4) is 0 Å². The van der Waals surface area contributed by atoms with Crippen LogP contribution in [0.4, 0.5) is 0 Å². The van der Waals surface area contributed by atoms with E-state index in [0.29, 0.717) is 19.3 Å². The summed E-state index contributed by atoms with van der Waals surface area (Å²) >= 11 is 0. The third kappa shape index (κ3) is 38.9. The highest BCUT2D eigenvalue weighted by Crippen LogP contribution is 2.14. The van der Waals surface area contributed by atoms with E-state index in [4.69, 9.17) is 14.2 Å². The van der Waals surface area contributed by atoms with Gasteiger partial charge in [0.05, 0.1) is 0 Å². The van der Waals surface area contributed by atoms with Crippen molar-refractivity contribution in [3.05, 3.63) is 36.5 Å². The molecule has 0 saturated carbocycles. The summed E-state index contributed by atoms with van der Waals surface area (Å²) in [6.07, 6.45) is 45.6. The van der Waals surface area contributed by atoms with Crippen molar-refractivity contribution in [3.8, 4) is 0 Å². The van der Waals surface area contributed by atoms with Crippen molar-refractivity contribution in [1.82, 2.24) is 0 Å². The maximum atomic E-state index is 12.6.